The van der Waals surface area contributed by atoms with E-state index in [-0.39, 0.29) is 5.41 Å². The Balaban J connectivity index is 1.32. The van der Waals surface area contributed by atoms with Gasteiger partial charge in [0.1, 0.15) is 0 Å². The van der Waals surface area contributed by atoms with Crippen molar-refractivity contribution >= 4 is 21.4 Å². The number of fused-ring (bicyclic) bond motifs is 1. The first kappa shape index (κ1) is 17.2. The van der Waals surface area contributed by atoms with E-state index in [1.54, 1.807) is 11.3 Å². The molecule has 1 atom stereocenters. The summed E-state index contributed by atoms with van der Waals surface area (Å²) in [5.41, 5.74) is 1.16. The van der Waals surface area contributed by atoms with Gasteiger partial charge in [0, 0.05) is 31.0 Å². The summed E-state index contributed by atoms with van der Waals surface area (Å²) in [5, 5.41) is 5.82. The van der Waals surface area contributed by atoms with Gasteiger partial charge in [-0.25, -0.2) is 9.50 Å². The lowest BCUT2D eigenvalue weighted by atomic mass is 9.93. The Morgan fingerprint density at radius 2 is 2.08 bits per heavy atom. The van der Waals surface area contributed by atoms with Crippen LogP contribution in [0.1, 0.15) is 45.7 Å². The molecule has 2 saturated heterocycles. The Labute approximate surface area is 153 Å². The number of imidazole rings is 1. The Morgan fingerprint density at radius 3 is 2.72 bits per heavy atom. The van der Waals surface area contributed by atoms with Crippen molar-refractivity contribution in [3.05, 3.63) is 11.9 Å². The van der Waals surface area contributed by atoms with Crippen molar-refractivity contribution < 1.29 is 9.47 Å². The molecular formula is C18H28N4O2S. The zero-order valence-electron chi connectivity index (χ0n) is 15.4. The van der Waals surface area contributed by atoms with E-state index >= 15 is 0 Å². The van der Waals surface area contributed by atoms with Gasteiger partial charge in [-0.05, 0) is 19.3 Å². The molecule has 0 amide bonds. The van der Waals surface area contributed by atoms with Crippen LogP contribution in [0.5, 0.6) is 0 Å². The molecule has 6 nitrogen and oxygen atoms in total. The van der Waals surface area contributed by atoms with E-state index in [2.05, 4.69) is 31.9 Å². The standard InChI is InChI=1S/C18H28N4O2S/c1-18(2,3)15-10-22-16(19-15)25-17(20-22)21-7-4-14(5-8-21)24-12-13-6-9-23-11-13/h10,13-14H,4-9,11-12H2,1-3H3. The Kier molecular flexibility index (Phi) is 4.73. The minimum atomic E-state index is 0.0631. The van der Waals surface area contributed by atoms with E-state index in [9.17, 15) is 0 Å². The van der Waals surface area contributed by atoms with Crippen LogP contribution >= 0.6 is 11.3 Å². The molecule has 0 spiro atoms. The van der Waals surface area contributed by atoms with Gasteiger partial charge in [-0.15, -0.1) is 5.10 Å². The maximum atomic E-state index is 6.11. The number of aromatic nitrogens is 3. The maximum absolute atomic E-state index is 6.11. The third-order valence-corrected chi connectivity index (χ3v) is 6.09. The smallest absolute Gasteiger partial charge is 0.214 e. The van der Waals surface area contributed by atoms with E-state index in [1.165, 1.54) is 0 Å². The second-order valence-corrected chi connectivity index (χ2v) is 9.17. The third-order valence-electron chi connectivity index (χ3n) is 5.11. The van der Waals surface area contributed by atoms with Gasteiger partial charge < -0.3 is 14.4 Å². The second-order valence-electron chi connectivity index (χ2n) is 8.24. The van der Waals surface area contributed by atoms with Crippen molar-refractivity contribution in [2.24, 2.45) is 5.92 Å². The molecule has 0 saturated carbocycles. The topological polar surface area (TPSA) is 51.9 Å². The summed E-state index contributed by atoms with van der Waals surface area (Å²) in [5.74, 6) is 0.599. The minimum absolute atomic E-state index is 0.0631. The van der Waals surface area contributed by atoms with E-state index in [0.717, 1.165) is 68.0 Å². The van der Waals surface area contributed by atoms with Crippen LogP contribution in [0.25, 0.3) is 4.96 Å². The number of anilines is 1. The summed E-state index contributed by atoms with van der Waals surface area (Å²) >= 11 is 1.69. The number of ether oxygens (including phenoxy) is 2. The molecule has 2 aliphatic heterocycles. The Bertz CT molecular complexity index is 675. The van der Waals surface area contributed by atoms with Crippen LogP contribution in [0.4, 0.5) is 5.13 Å². The summed E-state index contributed by atoms with van der Waals surface area (Å²) in [6, 6.07) is 0. The predicted octanol–water partition coefficient (Wildman–Crippen LogP) is 3.11. The molecule has 0 radical (unpaired) electrons. The van der Waals surface area contributed by atoms with Crippen molar-refractivity contribution in [3.8, 4) is 0 Å². The summed E-state index contributed by atoms with van der Waals surface area (Å²) in [6.07, 6.45) is 5.74. The first-order chi connectivity index (χ1) is 12.0. The maximum Gasteiger partial charge on any atom is 0.214 e. The van der Waals surface area contributed by atoms with Gasteiger partial charge in [-0.3, -0.25) is 0 Å². The first-order valence-electron chi connectivity index (χ1n) is 9.30. The van der Waals surface area contributed by atoms with Crippen LogP contribution in [0.3, 0.4) is 0 Å². The van der Waals surface area contributed by atoms with Crippen molar-refractivity contribution in [2.75, 3.05) is 37.8 Å². The van der Waals surface area contributed by atoms with Crippen LogP contribution in [0.2, 0.25) is 0 Å². The van der Waals surface area contributed by atoms with Crippen molar-refractivity contribution in [1.82, 2.24) is 14.6 Å². The molecule has 4 heterocycles. The fourth-order valence-corrected chi connectivity index (χ4v) is 4.31. The van der Waals surface area contributed by atoms with Gasteiger partial charge in [0.25, 0.3) is 0 Å². The van der Waals surface area contributed by atoms with Gasteiger partial charge in [0.15, 0.2) is 0 Å². The monoisotopic (exact) mass is 364 g/mol. The van der Waals surface area contributed by atoms with Gasteiger partial charge in [0.05, 0.1) is 31.2 Å². The molecule has 0 aliphatic carbocycles. The Morgan fingerprint density at radius 1 is 1.28 bits per heavy atom. The van der Waals surface area contributed by atoms with Crippen molar-refractivity contribution in [3.63, 3.8) is 0 Å². The quantitative estimate of drug-likeness (QED) is 0.834. The zero-order chi connectivity index (χ0) is 17.4. The lowest BCUT2D eigenvalue weighted by Crippen LogP contribution is -2.37. The van der Waals surface area contributed by atoms with Crippen LogP contribution < -0.4 is 4.90 Å². The molecule has 2 fully saturated rings. The molecule has 2 aliphatic rings. The van der Waals surface area contributed by atoms with Crippen LogP contribution in [-0.2, 0) is 14.9 Å². The van der Waals surface area contributed by atoms with Crippen LogP contribution in [-0.4, -0.2) is 53.6 Å². The second kappa shape index (κ2) is 6.85. The van der Waals surface area contributed by atoms with E-state index in [4.69, 9.17) is 19.6 Å². The highest BCUT2D eigenvalue weighted by Gasteiger charge is 2.25. The first-order valence-corrected chi connectivity index (χ1v) is 10.1. The van der Waals surface area contributed by atoms with Crippen molar-refractivity contribution in [1.29, 1.82) is 0 Å². The molecular weight excluding hydrogens is 336 g/mol. The summed E-state index contributed by atoms with van der Waals surface area (Å²) in [4.78, 5) is 8.10. The van der Waals surface area contributed by atoms with Crippen molar-refractivity contribution in [2.45, 2.75) is 51.6 Å². The fourth-order valence-electron chi connectivity index (χ4n) is 3.38. The van der Waals surface area contributed by atoms with Crippen LogP contribution in [0, 0.1) is 5.92 Å². The molecule has 0 aromatic carbocycles. The number of hydrogen-bond donors (Lipinski definition) is 0. The number of piperidine rings is 1. The van der Waals surface area contributed by atoms with Gasteiger partial charge in [-0.1, -0.05) is 32.1 Å². The largest absolute Gasteiger partial charge is 0.381 e. The number of nitrogens with zero attached hydrogens (tertiary/aromatic N) is 4. The predicted molar refractivity (Wildman–Crippen MR) is 99.7 cm³/mol. The molecule has 138 valence electrons. The van der Waals surface area contributed by atoms with E-state index in [1.807, 2.05) is 4.52 Å². The normalized spacial score (nSPS) is 23.0. The highest BCUT2D eigenvalue weighted by molar-refractivity contribution is 7.20. The molecule has 2 aromatic rings. The Hall–Kier alpha value is -1.18. The average molecular weight is 365 g/mol. The lowest BCUT2D eigenvalue weighted by molar-refractivity contribution is 0.0131. The van der Waals surface area contributed by atoms with Gasteiger partial charge in [0.2, 0.25) is 10.1 Å². The summed E-state index contributed by atoms with van der Waals surface area (Å²) < 4.78 is 13.5. The molecule has 1 unspecified atom stereocenters. The van der Waals surface area contributed by atoms with Gasteiger partial charge >= 0.3 is 0 Å². The van der Waals surface area contributed by atoms with Gasteiger partial charge in [-0.2, -0.15) is 0 Å². The lowest BCUT2D eigenvalue weighted by Gasteiger charge is -2.31. The third kappa shape index (κ3) is 3.83. The number of rotatable bonds is 4. The molecule has 0 N–H and O–H groups in total. The molecule has 2 aromatic heterocycles. The van der Waals surface area contributed by atoms with E-state index < -0.39 is 0 Å². The number of hydrogen-bond acceptors (Lipinski definition) is 6. The minimum Gasteiger partial charge on any atom is -0.381 e. The highest BCUT2D eigenvalue weighted by atomic mass is 32.1. The molecule has 7 heteroatoms. The molecule has 25 heavy (non-hydrogen) atoms. The van der Waals surface area contributed by atoms with Crippen LogP contribution in [0.15, 0.2) is 6.20 Å². The highest BCUT2D eigenvalue weighted by Crippen LogP contribution is 2.29. The zero-order valence-corrected chi connectivity index (χ0v) is 16.2. The molecule has 4 rings (SSSR count). The fraction of sp³-hybridized carbons (Fsp3) is 0.778. The molecule has 0 bridgehead atoms. The average Bonchev–Trinajstić information content (AvgIpc) is 3.28. The SMILES string of the molecule is CC(C)(C)c1cn2nc(N3CCC(OCC4CCOC4)CC3)sc2n1. The summed E-state index contributed by atoms with van der Waals surface area (Å²) in [6.45, 7) is 11.2. The summed E-state index contributed by atoms with van der Waals surface area (Å²) in [7, 11) is 0. The van der Waals surface area contributed by atoms with E-state index in [0.29, 0.717) is 12.0 Å².